The second kappa shape index (κ2) is 11.6. The van der Waals surface area contributed by atoms with Crippen LogP contribution in [0.4, 0.5) is 4.79 Å². The highest BCUT2D eigenvalue weighted by atomic mass is 127. The van der Waals surface area contributed by atoms with E-state index in [4.69, 9.17) is 9.73 Å². The molecular weight excluding hydrogens is 479 g/mol. The van der Waals surface area contributed by atoms with E-state index in [1.807, 2.05) is 6.92 Å². The molecule has 1 aliphatic carbocycles. The lowest BCUT2D eigenvalue weighted by molar-refractivity contribution is 0.0963. The molecule has 0 spiro atoms. The normalized spacial score (nSPS) is 19.0. The summed E-state index contributed by atoms with van der Waals surface area (Å²) in [6, 6.07) is 11.1. The zero-order chi connectivity index (χ0) is 19.8. The molecule has 2 N–H and O–H groups in total. The lowest BCUT2D eigenvalue weighted by atomic mass is 9.64. The van der Waals surface area contributed by atoms with E-state index < -0.39 is 0 Å². The Morgan fingerprint density at radius 1 is 1.21 bits per heavy atom. The summed E-state index contributed by atoms with van der Waals surface area (Å²) in [6.07, 6.45) is 5.31. The average Bonchev–Trinajstić information content (AvgIpc) is 2.69. The number of likely N-dealkylation sites (tertiary alicyclic amines) is 1. The summed E-state index contributed by atoms with van der Waals surface area (Å²) in [5.41, 5.74) is 1.60. The number of halogens is 1. The molecule has 2 fully saturated rings. The van der Waals surface area contributed by atoms with Crippen LogP contribution in [0.15, 0.2) is 35.3 Å². The molecule has 1 aromatic carbocycles. The first-order chi connectivity index (χ1) is 13.7. The van der Waals surface area contributed by atoms with Gasteiger partial charge >= 0.3 is 6.09 Å². The number of carbonyl (C=O) groups excluding carboxylic acids is 1. The lowest BCUT2D eigenvalue weighted by Gasteiger charge is -2.41. The van der Waals surface area contributed by atoms with E-state index in [1.165, 1.54) is 24.8 Å². The standard InChI is InChI=1S/C22H34N4O2.HI/c1-3-23-20(25-19-11-15-26(16-12-19)21(27)28-4-2)24-17-22(13-8-14-22)18-9-6-5-7-10-18;/h5-7,9-10,19H,3-4,8,11-17H2,1-2H3,(H2,23,24,25);1H. The summed E-state index contributed by atoms with van der Waals surface area (Å²) in [6.45, 7) is 7.47. The quantitative estimate of drug-likeness (QED) is 0.344. The first kappa shape index (κ1) is 23.8. The smallest absolute Gasteiger partial charge is 0.409 e. The van der Waals surface area contributed by atoms with E-state index in [2.05, 4.69) is 47.9 Å². The van der Waals surface area contributed by atoms with Crippen LogP contribution < -0.4 is 10.6 Å². The van der Waals surface area contributed by atoms with Crippen molar-refractivity contribution in [1.82, 2.24) is 15.5 Å². The van der Waals surface area contributed by atoms with Crippen LogP contribution in [0.3, 0.4) is 0 Å². The van der Waals surface area contributed by atoms with Gasteiger partial charge in [-0.15, -0.1) is 24.0 Å². The van der Waals surface area contributed by atoms with E-state index in [0.717, 1.165) is 45.0 Å². The Hall–Kier alpha value is -1.51. The lowest BCUT2D eigenvalue weighted by Crippen LogP contribution is -2.50. The monoisotopic (exact) mass is 514 g/mol. The molecule has 1 aromatic rings. The minimum atomic E-state index is -0.198. The summed E-state index contributed by atoms with van der Waals surface area (Å²) in [4.78, 5) is 18.6. The number of carbonyl (C=O) groups is 1. The minimum absolute atomic E-state index is 0. The molecule has 1 aliphatic heterocycles. The maximum atomic E-state index is 11.9. The summed E-state index contributed by atoms with van der Waals surface area (Å²) < 4.78 is 5.10. The number of piperidine rings is 1. The molecule has 6 nitrogen and oxygen atoms in total. The first-order valence-corrected chi connectivity index (χ1v) is 10.7. The number of hydrogen-bond acceptors (Lipinski definition) is 3. The van der Waals surface area contributed by atoms with Crippen molar-refractivity contribution in [2.24, 2.45) is 4.99 Å². The Bertz CT molecular complexity index is 656. The number of hydrogen-bond donors (Lipinski definition) is 2. The topological polar surface area (TPSA) is 66.0 Å². The van der Waals surface area contributed by atoms with Crippen LogP contribution in [0.25, 0.3) is 0 Å². The molecule has 1 saturated heterocycles. The van der Waals surface area contributed by atoms with Gasteiger partial charge in [0.05, 0.1) is 13.2 Å². The fourth-order valence-electron chi connectivity index (χ4n) is 4.10. The number of nitrogens with zero attached hydrogens (tertiary/aromatic N) is 2. The highest BCUT2D eigenvalue weighted by Gasteiger charge is 2.38. The number of benzene rings is 1. The van der Waals surface area contributed by atoms with Gasteiger partial charge in [-0.05, 0) is 45.1 Å². The van der Waals surface area contributed by atoms with Gasteiger partial charge < -0.3 is 20.3 Å². The van der Waals surface area contributed by atoms with Crippen molar-refractivity contribution in [3.8, 4) is 0 Å². The Kier molecular flexibility index (Phi) is 9.52. The van der Waals surface area contributed by atoms with Gasteiger partial charge in [0.1, 0.15) is 0 Å². The highest BCUT2D eigenvalue weighted by molar-refractivity contribution is 14.0. The summed E-state index contributed by atoms with van der Waals surface area (Å²) in [5.74, 6) is 0.888. The van der Waals surface area contributed by atoms with Gasteiger partial charge in [0.25, 0.3) is 0 Å². The Morgan fingerprint density at radius 3 is 2.45 bits per heavy atom. The fourth-order valence-corrected chi connectivity index (χ4v) is 4.10. The molecule has 162 valence electrons. The molecule has 0 radical (unpaired) electrons. The number of amides is 1. The fraction of sp³-hybridized carbons (Fsp3) is 0.636. The summed E-state index contributed by atoms with van der Waals surface area (Å²) >= 11 is 0. The molecular formula is C22H35IN4O2. The molecule has 3 rings (SSSR count). The van der Waals surface area contributed by atoms with Crippen LogP contribution >= 0.6 is 24.0 Å². The molecule has 0 bridgehead atoms. The molecule has 7 heteroatoms. The molecule has 0 aromatic heterocycles. The number of ether oxygens (including phenoxy) is 1. The number of nitrogens with one attached hydrogen (secondary N) is 2. The summed E-state index contributed by atoms with van der Waals surface area (Å²) in [7, 11) is 0. The molecule has 1 amide bonds. The zero-order valence-electron chi connectivity index (χ0n) is 17.7. The second-order valence-electron chi connectivity index (χ2n) is 7.80. The highest BCUT2D eigenvalue weighted by Crippen LogP contribution is 2.43. The minimum Gasteiger partial charge on any atom is -0.450 e. The SMILES string of the molecule is CCNC(=NCC1(c2ccccc2)CCC1)NC1CCN(C(=O)OCC)CC1.I. The van der Waals surface area contributed by atoms with E-state index in [-0.39, 0.29) is 35.5 Å². The summed E-state index contributed by atoms with van der Waals surface area (Å²) in [5, 5.41) is 6.97. The molecule has 29 heavy (non-hydrogen) atoms. The van der Waals surface area contributed by atoms with Gasteiger partial charge in [0.15, 0.2) is 5.96 Å². The van der Waals surface area contributed by atoms with Crippen molar-refractivity contribution >= 4 is 36.0 Å². The molecule has 1 saturated carbocycles. The van der Waals surface area contributed by atoms with Gasteiger partial charge in [0.2, 0.25) is 0 Å². The third kappa shape index (κ3) is 6.23. The van der Waals surface area contributed by atoms with Gasteiger partial charge in [-0.2, -0.15) is 0 Å². The van der Waals surface area contributed by atoms with Crippen molar-refractivity contribution in [3.63, 3.8) is 0 Å². The van der Waals surface area contributed by atoms with Crippen LogP contribution in [-0.2, 0) is 10.2 Å². The molecule has 1 heterocycles. The molecule has 0 unspecified atom stereocenters. The largest absolute Gasteiger partial charge is 0.450 e. The maximum absolute atomic E-state index is 11.9. The van der Waals surface area contributed by atoms with Gasteiger partial charge in [-0.1, -0.05) is 36.8 Å². The van der Waals surface area contributed by atoms with Crippen molar-refractivity contribution in [2.75, 3.05) is 32.8 Å². The van der Waals surface area contributed by atoms with Gasteiger partial charge in [-0.3, -0.25) is 4.99 Å². The Balaban J connectivity index is 0.00000300. The molecule has 2 aliphatic rings. The van der Waals surface area contributed by atoms with Crippen molar-refractivity contribution in [2.45, 2.75) is 57.4 Å². The van der Waals surface area contributed by atoms with Crippen molar-refractivity contribution in [1.29, 1.82) is 0 Å². The van der Waals surface area contributed by atoms with Crippen LogP contribution in [-0.4, -0.2) is 55.8 Å². The van der Waals surface area contributed by atoms with Crippen LogP contribution in [0.5, 0.6) is 0 Å². The third-order valence-corrected chi connectivity index (χ3v) is 5.94. The second-order valence-corrected chi connectivity index (χ2v) is 7.80. The van der Waals surface area contributed by atoms with Gasteiger partial charge in [0, 0.05) is 31.1 Å². The Morgan fingerprint density at radius 2 is 1.90 bits per heavy atom. The predicted octanol–water partition coefficient (Wildman–Crippen LogP) is 3.90. The first-order valence-electron chi connectivity index (χ1n) is 10.7. The molecule has 0 atom stereocenters. The maximum Gasteiger partial charge on any atom is 0.409 e. The van der Waals surface area contributed by atoms with Crippen molar-refractivity contribution in [3.05, 3.63) is 35.9 Å². The van der Waals surface area contributed by atoms with E-state index in [0.29, 0.717) is 12.6 Å². The Labute approximate surface area is 191 Å². The van der Waals surface area contributed by atoms with Crippen molar-refractivity contribution < 1.29 is 9.53 Å². The van der Waals surface area contributed by atoms with E-state index in [9.17, 15) is 4.79 Å². The zero-order valence-corrected chi connectivity index (χ0v) is 20.0. The number of rotatable bonds is 6. The van der Waals surface area contributed by atoms with E-state index in [1.54, 1.807) is 4.90 Å². The van der Waals surface area contributed by atoms with Gasteiger partial charge in [-0.25, -0.2) is 4.79 Å². The van der Waals surface area contributed by atoms with Crippen LogP contribution in [0, 0.1) is 0 Å². The van der Waals surface area contributed by atoms with Crippen LogP contribution in [0.2, 0.25) is 0 Å². The van der Waals surface area contributed by atoms with E-state index >= 15 is 0 Å². The van der Waals surface area contributed by atoms with Crippen LogP contribution in [0.1, 0.15) is 51.5 Å². The average molecular weight is 514 g/mol. The number of aliphatic imine (C=N–C) groups is 1. The third-order valence-electron chi connectivity index (χ3n) is 5.94. The predicted molar refractivity (Wildman–Crippen MR) is 128 cm³/mol. The number of guanidine groups is 1.